The van der Waals surface area contributed by atoms with Gasteiger partial charge in [-0.3, -0.25) is 0 Å². The largest absolute Gasteiger partial charge is 0.478 e. The second-order valence-electron chi connectivity index (χ2n) is 9.08. The van der Waals surface area contributed by atoms with Gasteiger partial charge in [0.05, 0.1) is 0 Å². The van der Waals surface area contributed by atoms with Crippen molar-refractivity contribution in [3.63, 3.8) is 0 Å². The normalized spacial score (nSPS) is 11.1. The third-order valence-electron chi connectivity index (χ3n) is 6.13. The fourth-order valence-electron chi connectivity index (χ4n) is 4.05. The van der Waals surface area contributed by atoms with Gasteiger partial charge in [-0.05, 0) is 12.8 Å². The molecular formula is C27H52O2. The van der Waals surface area contributed by atoms with Crippen LogP contribution in [0.4, 0.5) is 0 Å². The number of unbranched alkanes of at least 4 members (excludes halogenated alkanes) is 21. The van der Waals surface area contributed by atoms with Crippen LogP contribution in [0.15, 0.2) is 12.2 Å². The molecule has 172 valence electrons. The molecule has 0 atom stereocenters. The van der Waals surface area contributed by atoms with E-state index in [2.05, 4.69) is 13.5 Å². The van der Waals surface area contributed by atoms with Crippen molar-refractivity contribution in [3.05, 3.63) is 12.2 Å². The predicted molar refractivity (Wildman–Crippen MR) is 129 cm³/mol. The lowest BCUT2D eigenvalue weighted by atomic mass is 10.0. The molecule has 29 heavy (non-hydrogen) atoms. The number of hydrogen-bond acceptors (Lipinski definition) is 1. The number of carbonyl (C=O) groups is 1. The number of carboxylic acids is 1. The van der Waals surface area contributed by atoms with Crippen LogP contribution in [0.5, 0.6) is 0 Å². The Bertz CT molecular complexity index is 362. The zero-order valence-electron chi connectivity index (χ0n) is 19.8. The van der Waals surface area contributed by atoms with E-state index in [0.717, 1.165) is 12.8 Å². The van der Waals surface area contributed by atoms with Gasteiger partial charge in [0.15, 0.2) is 0 Å². The Kier molecular flexibility index (Phi) is 22.8. The van der Waals surface area contributed by atoms with Gasteiger partial charge < -0.3 is 5.11 Å². The van der Waals surface area contributed by atoms with Gasteiger partial charge >= 0.3 is 5.97 Å². The van der Waals surface area contributed by atoms with Crippen LogP contribution < -0.4 is 0 Å². The van der Waals surface area contributed by atoms with Crippen molar-refractivity contribution in [1.29, 1.82) is 0 Å². The first kappa shape index (κ1) is 28.2. The quantitative estimate of drug-likeness (QED) is 0.127. The maximum absolute atomic E-state index is 10.6. The van der Waals surface area contributed by atoms with Gasteiger partial charge in [-0.25, -0.2) is 4.79 Å². The molecule has 0 amide bonds. The topological polar surface area (TPSA) is 37.3 Å². The first-order valence-electron chi connectivity index (χ1n) is 13.1. The molecule has 0 saturated carbocycles. The molecule has 0 aliphatic rings. The summed E-state index contributed by atoms with van der Waals surface area (Å²) in [4.78, 5) is 10.6. The van der Waals surface area contributed by atoms with E-state index in [-0.39, 0.29) is 0 Å². The number of carboxylic acid groups (broad SMARTS) is 1. The fourth-order valence-corrected chi connectivity index (χ4v) is 4.05. The summed E-state index contributed by atoms with van der Waals surface area (Å²) < 4.78 is 0. The lowest BCUT2D eigenvalue weighted by Crippen LogP contribution is -1.98. The molecule has 1 N–H and O–H groups in total. The van der Waals surface area contributed by atoms with Crippen molar-refractivity contribution in [3.8, 4) is 0 Å². The highest BCUT2D eigenvalue weighted by Gasteiger charge is 2.02. The van der Waals surface area contributed by atoms with Crippen molar-refractivity contribution < 1.29 is 9.90 Å². The number of rotatable bonds is 24. The van der Waals surface area contributed by atoms with E-state index in [0.29, 0.717) is 12.0 Å². The van der Waals surface area contributed by atoms with Gasteiger partial charge in [0.1, 0.15) is 0 Å². The van der Waals surface area contributed by atoms with Gasteiger partial charge in [-0.2, -0.15) is 0 Å². The zero-order chi connectivity index (χ0) is 21.4. The van der Waals surface area contributed by atoms with Crippen LogP contribution in [0.3, 0.4) is 0 Å². The Morgan fingerprint density at radius 2 is 0.759 bits per heavy atom. The highest BCUT2D eigenvalue weighted by molar-refractivity contribution is 5.85. The summed E-state index contributed by atoms with van der Waals surface area (Å²) in [6.07, 6.45) is 31.0. The van der Waals surface area contributed by atoms with E-state index in [1.165, 1.54) is 128 Å². The molecule has 0 saturated heterocycles. The van der Waals surface area contributed by atoms with Crippen LogP contribution in [0, 0.1) is 0 Å². The number of hydrogen-bond donors (Lipinski definition) is 1. The average Bonchev–Trinajstić information content (AvgIpc) is 2.71. The molecule has 0 radical (unpaired) electrons. The van der Waals surface area contributed by atoms with Crippen LogP contribution >= 0.6 is 0 Å². The fraction of sp³-hybridized carbons (Fsp3) is 0.889. The summed E-state index contributed by atoms with van der Waals surface area (Å²) in [5, 5.41) is 8.75. The third-order valence-corrected chi connectivity index (χ3v) is 6.13. The highest BCUT2D eigenvalue weighted by Crippen LogP contribution is 2.15. The first-order valence-corrected chi connectivity index (χ1v) is 13.1. The van der Waals surface area contributed by atoms with Gasteiger partial charge in [-0.1, -0.05) is 148 Å². The molecule has 0 aromatic carbocycles. The SMILES string of the molecule is C=C(CCCCCCCCCCCCCCCCCCCCCCCC)C(=O)O. The molecule has 0 spiro atoms. The molecule has 0 aliphatic carbocycles. The standard InChI is InChI=1S/C27H52O2/c1-3-4-5-6-7-8-9-10-11-12-13-14-15-16-17-18-19-20-21-22-23-24-25-26(2)27(28)29/h2-25H2,1H3,(H,28,29). The molecular weight excluding hydrogens is 356 g/mol. The lowest BCUT2D eigenvalue weighted by molar-refractivity contribution is -0.132. The van der Waals surface area contributed by atoms with E-state index in [9.17, 15) is 4.79 Å². The van der Waals surface area contributed by atoms with E-state index in [1.807, 2.05) is 0 Å². The molecule has 0 unspecified atom stereocenters. The lowest BCUT2D eigenvalue weighted by Gasteiger charge is -2.04. The summed E-state index contributed by atoms with van der Waals surface area (Å²) in [5.74, 6) is -0.839. The summed E-state index contributed by atoms with van der Waals surface area (Å²) in [7, 11) is 0. The Hall–Kier alpha value is -0.790. The van der Waals surface area contributed by atoms with Crippen molar-refractivity contribution in [2.24, 2.45) is 0 Å². The minimum atomic E-state index is -0.839. The van der Waals surface area contributed by atoms with Crippen LogP contribution in [-0.2, 0) is 4.79 Å². The highest BCUT2D eigenvalue weighted by atomic mass is 16.4. The molecule has 0 heterocycles. The molecule has 0 fully saturated rings. The Morgan fingerprint density at radius 3 is 1.00 bits per heavy atom. The summed E-state index contributed by atoms with van der Waals surface area (Å²) in [5.41, 5.74) is 0.359. The van der Waals surface area contributed by atoms with Crippen molar-refractivity contribution in [2.45, 2.75) is 155 Å². The van der Waals surface area contributed by atoms with Crippen molar-refractivity contribution in [2.75, 3.05) is 0 Å². The smallest absolute Gasteiger partial charge is 0.330 e. The predicted octanol–water partition coefficient (Wildman–Crippen LogP) is 9.62. The van der Waals surface area contributed by atoms with Gasteiger partial charge in [0, 0.05) is 5.57 Å². The van der Waals surface area contributed by atoms with E-state index in [1.54, 1.807) is 0 Å². The van der Waals surface area contributed by atoms with Crippen molar-refractivity contribution in [1.82, 2.24) is 0 Å². The minimum Gasteiger partial charge on any atom is -0.478 e. The van der Waals surface area contributed by atoms with Gasteiger partial charge in [0.2, 0.25) is 0 Å². The monoisotopic (exact) mass is 408 g/mol. The van der Waals surface area contributed by atoms with Gasteiger partial charge in [0.25, 0.3) is 0 Å². The van der Waals surface area contributed by atoms with Crippen LogP contribution in [0.1, 0.15) is 155 Å². The first-order chi connectivity index (χ1) is 14.2. The summed E-state index contributed by atoms with van der Waals surface area (Å²) >= 11 is 0. The van der Waals surface area contributed by atoms with Crippen molar-refractivity contribution >= 4 is 5.97 Å². The van der Waals surface area contributed by atoms with Crippen LogP contribution in [0.2, 0.25) is 0 Å². The molecule has 0 aromatic heterocycles. The molecule has 2 nitrogen and oxygen atoms in total. The summed E-state index contributed by atoms with van der Waals surface area (Å²) in [6, 6.07) is 0. The van der Waals surface area contributed by atoms with E-state index < -0.39 is 5.97 Å². The van der Waals surface area contributed by atoms with E-state index >= 15 is 0 Å². The van der Waals surface area contributed by atoms with E-state index in [4.69, 9.17) is 5.11 Å². The molecule has 2 heteroatoms. The number of aliphatic carboxylic acids is 1. The Labute approximate surface area is 182 Å². The molecule has 0 rings (SSSR count). The Balaban J connectivity index is 3.05. The molecule has 0 aromatic rings. The molecule has 0 aliphatic heterocycles. The second kappa shape index (κ2) is 23.5. The minimum absolute atomic E-state index is 0.359. The maximum atomic E-state index is 10.6. The average molecular weight is 409 g/mol. The maximum Gasteiger partial charge on any atom is 0.330 e. The third kappa shape index (κ3) is 23.4. The van der Waals surface area contributed by atoms with Crippen LogP contribution in [0.25, 0.3) is 0 Å². The van der Waals surface area contributed by atoms with Crippen LogP contribution in [-0.4, -0.2) is 11.1 Å². The molecule has 0 bridgehead atoms. The summed E-state index contributed by atoms with van der Waals surface area (Å²) in [6.45, 7) is 5.87. The zero-order valence-corrected chi connectivity index (χ0v) is 19.8. The second-order valence-corrected chi connectivity index (χ2v) is 9.08. The Morgan fingerprint density at radius 1 is 0.517 bits per heavy atom. The van der Waals surface area contributed by atoms with Gasteiger partial charge in [-0.15, -0.1) is 0 Å².